The molecule has 1 heterocycles. The monoisotopic (exact) mass is 411 g/mol. The van der Waals surface area contributed by atoms with Crippen LogP contribution in [0.5, 0.6) is 0 Å². The smallest absolute Gasteiger partial charge is 0.345 e. The zero-order valence-corrected chi connectivity index (χ0v) is 17.8. The van der Waals surface area contributed by atoms with Gasteiger partial charge in [-0.05, 0) is 69.0 Å². The summed E-state index contributed by atoms with van der Waals surface area (Å²) in [5.74, 6) is 5.91. The molecule has 1 aliphatic carbocycles. The van der Waals surface area contributed by atoms with E-state index >= 15 is 0 Å². The van der Waals surface area contributed by atoms with Crippen LogP contribution in [0.1, 0.15) is 43.0 Å². The van der Waals surface area contributed by atoms with Gasteiger partial charge in [0.25, 0.3) is 0 Å². The summed E-state index contributed by atoms with van der Waals surface area (Å²) in [5, 5.41) is 2.51. The van der Waals surface area contributed by atoms with Crippen molar-refractivity contribution >= 4 is 36.6 Å². The van der Waals surface area contributed by atoms with Crippen LogP contribution in [0, 0.1) is 11.8 Å². The zero-order chi connectivity index (χ0) is 20.6. The lowest BCUT2D eigenvalue weighted by molar-refractivity contribution is 0.0105. The van der Waals surface area contributed by atoms with Crippen LogP contribution in [0.3, 0.4) is 0 Å². The topological polar surface area (TPSA) is 26.3 Å². The molecule has 0 N–H and O–H groups in total. The molecule has 0 spiro atoms. The number of fused-ring (bicyclic) bond motifs is 3. The van der Waals surface area contributed by atoms with Crippen molar-refractivity contribution in [3.63, 3.8) is 0 Å². The Labute approximate surface area is 179 Å². The van der Waals surface area contributed by atoms with Crippen molar-refractivity contribution in [1.29, 1.82) is 0 Å². The number of esters is 1. The lowest BCUT2D eigenvalue weighted by Crippen LogP contribution is -2.30. The van der Waals surface area contributed by atoms with Crippen molar-refractivity contribution in [3.05, 3.63) is 78.4 Å². The molecule has 1 fully saturated rings. The normalized spacial score (nSPS) is 15.1. The van der Waals surface area contributed by atoms with Gasteiger partial charge in [-0.15, -0.1) is 5.92 Å². The van der Waals surface area contributed by atoms with Gasteiger partial charge in [0, 0.05) is 21.2 Å². The van der Waals surface area contributed by atoms with Crippen molar-refractivity contribution in [2.75, 3.05) is 0 Å². The van der Waals surface area contributed by atoms with Crippen molar-refractivity contribution < 1.29 is 9.53 Å². The molecule has 30 heavy (non-hydrogen) atoms. The van der Waals surface area contributed by atoms with Gasteiger partial charge < -0.3 is 4.74 Å². The molecule has 4 aromatic rings. The van der Waals surface area contributed by atoms with E-state index in [0.29, 0.717) is 5.56 Å². The molecule has 5 rings (SSSR count). The average molecular weight is 412 g/mol. The summed E-state index contributed by atoms with van der Waals surface area (Å²) in [6.07, 6.45) is 3.74. The van der Waals surface area contributed by atoms with Crippen molar-refractivity contribution in [3.8, 4) is 16.7 Å². The van der Waals surface area contributed by atoms with Crippen LogP contribution >= 0.6 is 10.5 Å². The van der Waals surface area contributed by atoms with Gasteiger partial charge >= 0.3 is 5.97 Å². The van der Waals surface area contributed by atoms with Gasteiger partial charge in [0.1, 0.15) is 5.56 Å². The first kappa shape index (κ1) is 18.9. The minimum atomic E-state index is -0.631. The van der Waals surface area contributed by atoms with Crippen LogP contribution in [0.25, 0.3) is 25.1 Å². The molecule has 148 valence electrons. The lowest BCUT2D eigenvalue weighted by atomic mass is 10.0. The van der Waals surface area contributed by atoms with Crippen LogP contribution in [-0.2, 0) is 4.74 Å². The summed E-state index contributed by atoms with van der Waals surface area (Å²) < 4.78 is 8.63. The first-order valence-corrected chi connectivity index (χ1v) is 11.6. The highest BCUT2D eigenvalue weighted by Gasteiger charge is 2.38. The SMILES string of the molecule is CC#CC1(OC(=O)c2ccccc2-[s+]2c3ccccc3c3ccccc32)CCCC1. The predicted molar refractivity (Wildman–Crippen MR) is 125 cm³/mol. The molecule has 3 heteroatoms. The molecule has 0 saturated heterocycles. The van der Waals surface area contributed by atoms with Crippen LogP contribution in [0.2, 0.25) is 0 Å². The third kappa shape index (κ3) is 3.09. The summed E-state index contributed by atoms with van der Waals surface area (Å²) in [5.41, 5.74) is 0.0182. The third-order valence-electron chi connectivity index (χ3n) is 5.88. The fourth-order valence-electron chi connectivity index (χ4n) is 4.56. The summed E-state index contributed by atoms with van der Waals surface area (Å²) >= 11 is 0. The standard InChI is InChI=1S/C27H23O2S/c1-2-17-27(18-9-10-19-27)29-26(28)22-13-5-8-16-25(22)30-23-14-6-3-11-20(23)21-12-4-7-15-24(21)30/h3-8,11-16H,9-10,18-19H2,1H3/q+1. The van der Waals surface area contributed by atoms with Crippen LogP contribution in [0.15, 0.2) is 72.8 Å². The molecule has 0 bridgehead atoms. The van der Waals surface area contributed by atoms with E-state index in [9.17, 15) is 4.79 Å². The fourth-order valence-corrected chi connectivity index (χ4v) is 7.08. The quantitative estimate of drug-likeness (QED) is 0.202. The Bertz CT molecular complexity index is 1260. The molecule has 1 aromatic heterocycles. The molecule has 0 radical (unpaired) electrons. The molecule has 1 aliphatic rings. The molecule has 0 atom stereocenters. The van der Waals surface area contributed by atoms with E-state index in [2.05, 4.69) is 66.4 Å². The second-order valence-electron chi connectivity index (χ2n) is 7.76. The van der Waals surface area contributed by atoms with Gasteiger partial charge in [-0.2, -0.15) is 0 Å². The Morgan fingerprint density at radius 3 is 2.07 bits per heavy atom. The minimum Gasteiger partial charge on any atom is -0.442 e. The first-order chi connectivity index (χ1) is 14.7. The highest BCUT2D eigenvalue weighted by Crippen LogP contribution is 2.49. The molecular weight excluding hydrogens is 388 g/mol. The third-order valence-corrected chi connectivity index (χ3v) is 8.27. The second kappa shape index (κ2) is 7.63. The number of hydrogen-bond donors (Lipinski definition) is 0. The van der Waals surface area contributed by atoms with Gasteiger partial charge in [0.15, 0.2) is 19.9 Å². The van der Waals surface area contributed by atoms with Crippen molar-refractivity contribution in [1.82, 2.24) is 0 Å². The zero-order valence-electron chi connectivity index (χ0n) is 17.0. The van der Waals surface area contributed by atoms with E-state index in [0.717, 1.165) is 30.6 Å². The molecular formula is C27H23O2S+. The molecule has 0 amide bonds. The Morgan fingerprint density at radius 1 is 0.867 bits per heavy atom. The van der Waals surface area contributed by atoms with E-state index in [1.807, 2.05) is 25.1 Å². The average Bonchev–Trinajstić information content (AvgIpc) is 3.36. The Balaban J connectivity index is 1.67. The Hall–Kier alpha value is -3.09. The summed E-state index contributed by atoms with van der Waals surface area (Å²) in [6, 6.07) is 24.9. The number of rotatable bonds is 3. The van der Waals surface area contributed by atoms with Crippen molar-refractivity contribution in [2.24, 2.45) is 0 Å². The highest BCUT2D eigenvalue weighted by molar-refractivity contribution is 7.50. The molecule has 1 saturated carbocycles. The summed E-state index contributed by atoms with van der Waals surface area (Å²) in [6.45, 7) is 1.82. The maximum Gasteiger partial charge on any atom is 0.345 e. The van der Waals surface area contributed by atoms with E-state index < -0.39 is 5.60 Å². The Kier molecular flexibility index (Phi) is 4.81. The van der Waals surface area contributed by atoms with Crippen LogP contribution in [0.4, 0.5) is 0 Å². The van der Waals surface area contributed by atoms with Gasteiger partial charge in [0.2, 0.25) is 0 Å². The number of benzene rings is 3. The molecule has 2 nitrogen and oxygen atoms in total. The van der Waals surface area contributed by atoms with Gasteiger partial charge in [0.05, 0.1) is 0 Å². The van der Waals surface area contributed by atoms with Crippen molar-refractivity contribution in [2.45, 2.75) is 38.2 Å². The first-order valence-electron chi connectivity index (χ1n) is 10.4. The Morgan fingerprint density at radius 2 is 1.43 bits per heavy atom. The van der Waals surface area contributed by atoms with Gasteiger partial charge in [-0.25, -0.2) is 4.79 Å². The minimum absolute atomic E-state index is 0.260. The molecule has 0 unspecified atom stereocenters. The maximum atomic E-state index is 13.4. The van der Waals surface area contributed by atoms with Gasteiger partial charge in [-0.3, -0.25) is 0 Å². The number of carbonyl (C=O) groups excluding carboxylic acids is 1. The summed E-state index contributed by atoms with van der Waals surface area (Å²) in [7, 11) is -0.330. The van der Waals surface area contributed by atoms with E-state index in [1.54, 1.807) is 0 Å². The van der Waals surface area contributed by atoms with E-state index in [-0.39, 0.29) is 16.4 Å². The summed E-state index contributed by atoms with van der Waals surface area (Å²) in [4.78, 5) is 14.4. The number of carbonyl (C=O) groups is 1. The molecule has 3 aromatic carbocycles. The van der Waals surface area contributed by atoms with E-state index in [1.165, 1.54) is 20.2 Å². The second-order valence-corrected chi connectivity index (χ2v) is 9.69. The lowest BCUT2D eigenvalue weighted by Gasteiger charge is -2.23. The number of thiophene rings is 1. The fraction of sp³-hybridized carbons (Fsp3) is 0.222. The number of ether oxygens (including phenoxy) is 1. The number of hydrogen-bond acceptors (Lipinski definition) is 2. The molecule has 0 aliphatic heterocycles. The maximum absolute atomic E-state index is 13.4. The van der Waals surface area contributed by atoms with Gasteiger partial charge in [-0.1, -0.05) is 42.3 Å². The highest BCUT2D eigenvalue weighted by atomic mass is 32.2. The van der Waals surface area contributed by atoms with E-state index in [4.69, 9.17) is 4.74 Å². The predicted octanol–water partition coefficient (Wildman–Crippen LogP) is 7.22. The largest absolute Gasteiger partial charge is 0.442 e. The van der Waals surface area contributed by atoms with Crippen LogP contribution < -0.4 is 0 Å². The van der Waals surface area contributed by atoms with Crippen LogP contribution in [-0.4, -0.2) is 11.6 Å².